The maximum absolute atomic E-state index is 8.92. The monoisotopic (exact) mass is 198 g/mol. The Balaban J connectivity index is 3.93. The van der Waals surface area contributed by atoms with Crippen LogP contribution in [0.5, 0.6) is 0 Å². The summed E-state index contributed by atoms with van der Waals surface area (Å²) in [4.78, 5) is 0. The summed E-state index contributed by atoms with van der Waals surface area (Å²) in [5.74, 6) is 4.12. The summed E-state index contributed by atoms with van der Waals surface area (Å²) in [6, 6.07) is 0. The third kappa shape index (κ3) is 6.86. The Labute approximate surface area is 83.6 Å². The normalized spacial score (nSPS) is 15.8. The molecule has 0 saturated carbocycles. The predicted molar refractivity (Wildman–Crippen MR) is 61.2 cm³/mol. The molecule has 2 atom stereocenters. The topological polar surface area (TPSA) is 20.2 Å². The maximum atomic E-state index is 8.92. The van der Waals surface area contributed by atoms with Gasteiger partial charge in [0.2, 0.25) is 0 Å². The lowest BCUT2D eigenvalue weighted by Gasteiger charge is -2.14. The fraction of sp³-hybridized carbons (Fsp3) is 0.818. The smallest absolute Gasteiger partial charge is 0.129 e. The number of aliphatic hydroxyl groups is 1. The Morgan fingerprint density at radius 2 is 1.69 bits per heavy atom. The standard InChI is InChI=1S/C11H22OSi/c1-10(11(2)9-12)7-6-8-13(3,4)5/h10-12H,7,9H2,1-5H3. The molecule has 1 nitrogen and oxygen atoms in total. The highest BCUT2D eigenvalue weighted by atomic mass is 28.3. The summed E-state index contributed by atoms with van der Waals surface area (Å²) in [6.07, 6.45) is 0.923. The highest BCUT2D eigenvalue weighted by molar-refractivity contribution is 6.83. The molecule has 0 amide bonds. The Morgan fingerprint density at radius 3 is 2.08 bits per heavy atom. The summed E-state index contributed by atoms with van der Waals surface area (Å²) in [5.41, 5.74) is 3.34. The van der Waals surface area contributed by atoms with Crippen LogP contribution in [0, 0.1) is 23.3 Å². The first-order valence-electron chi connectivity index (χ1n) is 4.97. The number of rotatable bonds is 3. The van der Waals surface area contributed by atoms with Crippen LogP contribution in [0.4, 0.5) is 0 Å². The minimum atomic E-state index is -1.19. The molecule has 0 aromatic carbocycles. The van der Waals surface area contributed by atoms with E-state index >= 15 is 0 Å². The van der Waals surface area contributed by atoms with Crippen molar-refractivity contribution in [1.29, 1.82) is 0 Å². The third-order valence-electron chi connectivity index (χ3n) is 2.15. The van der Waals surface area contributed by atoms with Gasteiger partial charge in [-0.2, -0.15) is 0 Å². The van der Waals surface area contributed by atoms with Gasteiger partial charge >= 0.3 is 0 Å². The van der Waals surface area contributed by atoms with Crippen LogP contribution >= 0.6 is 0 Å². The molecular formula is C11H22OSi. The van der Waals surface area contributed by atoms with E-state index < -0.39 is 8.07 Å². The summed E-state index contributed by atoms with van der Waals surface area (Å²) in [6.45, 7) is 11.2. The van der Waals surface area contributed by atoms with Crippen molar-refractivity contribution in [3.63, 3.8) is 0 Å². The number of hydrogen-bond donors (Lipinski definition) is 1. The molecule has 1 N–H and O–H groups in total. The van der Waals surface area contributed by atoms with Crippen LogP contribution in [-0.4, -0.2) is 19.8 Å². The van der Waals surface area contributed by atoms with Crippen molar-refractivity contribution >= 4 is 8.07 Å². The van der Waals surface area contributed by atoms with E-state index in [1.165, 1.54) is 0 Å². The Hall–Kier alpha value is -0.263. The fourth-order valence-electron chi connectivity index (χ4n) is 0.858. The maximum Gasteiger partial charge on any atom is 0.129 e. The van der Waals surface area contributed by atoms with Crippen LogP contribution in [0.15, 0.2) is 0 Å². The van der Waals surface area contributed by atoms with Crippen LogP contribution in [0.1, 0.15) is 20.3 Å². The molecule has 2 heteroatoms. The molecule has 0 saturated heterocycles. The van der Waals surface area contributed by atoms with E-state index in [0.29, 0.717) is 11.8 Å². The van der Waals surface area contributed by atoms with E-state index in [2.05, 4.69) is 45.0 Å². The zero-order valence-corrected chi connectivity index (χ0v) is 10.5. The molecule has 76 valence electrons. The molecule has 0 aliphatic rings. The molecule has 0 aromatic rings. The Kier molecular flexibility index (Phi) is 5.35. The van der Waals surface area contributed by atoms with Gasteiger partial charge in [-0.15, -0.1) is 11.5 Å². The van der Waals surface area contributed by atoms with E-state index in [1.807, 2.05) is 0 Å². The predicted octanol–water partition coefficient (Wildman–Crippen LogP) is 2.52. The fourth-order valence-corrected chi connectivity index (χ4v) is 1.49. The van der Waals surface area contributed by atoms with Crippen LogP contribution in [0.3, 0.4) is 0 Å². The lowest BCUT2D eigenvalue weighted by atomic mass is 9.94. The SMILES string of the molecule is CC(CO)C(C)CC#C[Si](C)(C)C. The molecule has 0 aromatic heterocycles. The van der Waals surface area contributed by atoms with Crippen molar-refractivity contribution in [2.75, 3.05) is 6.61 Å². The van der Waals surface area contributed by atoms with E-state index in [9.17, 15) is 0 Å². The van der Waals surface area contributed by atoms with Gasteiger partial charge in [-0.05, 0) is 11.8 Å². The molecular weight excluding hydrogens is 176 g/mol. The van der Waals surface area contributed by atoms with Gasteiger partial charge < -0.3 is 5.11 Å². The molecule has 0 heterocycles. The molecule has 2 unspecified atom stereocenters. The molecule has 0 radical (unpaired) electrons. The van der Waals surface area contributed by atoms with Gasteiger partial charge in [-0.1, -0.05) is 33.5 Å². The van der Waals surface area contributed by atoms with Crippen molar-refractivity contribution in [2.24, 2.45) is 11.8 Å². The van der Waals surface area contributed by atoms with Gasteiger partial charge in [0.05, 0.1) is 0 Å². The van der Waals surface area contributed by atoms with Crippen LogP contribution in [0.2, 0.25) is 19.6 Å². The number of aliphatic hydroxyl groups excluding tert-OH is 1. The van der Waals surface area contributed by atoms with Gasteiger partial charge in [-0.3, -0.25) is 0 Å². The second-order valence-corrected chi connectivity index (χ2v) is 9.64. The summed E-state index contributed by atoms with van der Waals surface area (Å²) < 4.78 is 0. The minimum Gasteiger partial charge on any atom is -0.396 e. The van der Waals surface area contributed by atoms with Crippen LogP contribution in [-0.2, 0) is 0 Å². The van der Waals surface area contributed by atoms with E-state index in [4.69, 9.17) is 5.11 Å². The van der Waals surface area contributed by atoms with E-state index in [1.54, 1.807) is 0 Å². The molecule has 0 rings (SSSR count). The first-order valence-corrected chi connectivity index (χ1v) is 8.47. The molecule has 0 aliphatic carbocycles. The Morgan fingerprint density at radius 1 is 1.15 bits per heavy atom. The van der Waals surface area contributed by atoms with Crippen molar-refractivity contribution in [1.82, 2.24) is 0 Å². The third-order valence-corrected chi connectivity index (χ3v) is 3.07. The average Bonchev–Trinajstić information content (AvgIpc) is 2.00. The van der Waals surface area contributed by atoms with Crippen molar-refractivity contribution in [3.05, 3.63) is 0 Å². The minimum absolute atomic E-state index is 0.274. The largest absolute Gasteiger partial charge is 0.396 e. The van der Waals surface area contributed by atoms with Crippen LogP contribution in [0.25, 0.3) is 0 Å². The lowest BCUT2D eigenvalue weighted by molar-refractivity contribution is 0.197. The summed E-state index contributed by atoms with van der Waals surface area (Å²) >= 11 is 0. The summed E-state index contributed by atoms with van der Waals surface area (Å²) in [7, 11) is -1.19. The Bertz CT molecular complexity index is 194. The molecule has 0 aliphatic heterocycles. The zero-order valence-electron chi connectivity index (χ0n) is 9.52. The highest BCUT2D eigenvalue weighted by Gasteiger charge is 2.10. The van der Waals surface area contributed by atoms with E-state index in [-0.39, 0.29) is 6.61 Å². The molecule has 0 fully saturated rings. The van der Waals surface area contributed by atoms with E-state index in [0.717, 1.165) is 6.42 Å². The van der Waals surface area contributed by atoms with Crippen molar-refractivity contribution in [2.45, 2.75) is 39.9 Å². The average molecular weight is 198 g/mol. The van der Waals surface area contributed by atoms with Gasteiger partial charge in [0.25, 0.3) is 0 Å². The van der Waals surface area contributed by atoms with Gasteiger partial charge in [-0.25, -0.2) is 0 Å². The molecule has 13 heavy (non-hydrogen) atoms. The first-order chi connectivity index (χ1) is 5.87. The van der Waals surface area contributed by atoms with Crippen molar-refractivity contribution in [3.8, 4) is 11.5 Å². The van der Waals surface area contributed by atoms with Gasteiger partial charge in [0.15, 0.2) is 0 Å². The lowest BCUT2D eigenvalue weighted by Crippen LogP contribution is -2.17. The zero-order chi connectivity index (χ0) is 10.5. The molecule has 0 bridgehead atoms. The summed E-state index contributed by atoms with van der Waals surface area (Å²) in [5, 5.41) is 8.92. The quantitative estimate of drug-likeness (QED) is 0.546. The van der Waals surface area contributed by atoms with Gasteiger partial charge in [0, 0.05) is 13.0 Å². The molecule has 0 spiro atoms. The van der Waals surface area contributed by atoms with Gasteiger partial charge in [0.1, 0.15) is 8.07 Å². The van der Waals surface area contributed by atoms with Crippen LogP contribution < -0.4 is 0 Å². The second kappa shape index (κ2) is 5.46. The first kappa shape index (κ1) is 12.7. The number of hydrogen-bond acceptors (Lipinski definition) is 1. The second-order valence-electron chi connectivity index (χ2n) is 4.89. The highest BCUT2D eigenvalue weighted by Crippen LogP contribution is 2.13. The van der Waals surface area contributed by atoms with Crippen molar-refractivity contribution < 1.29 is 5.11 Å².